The number of benzene rings is 1. The highest BCUT2D eigenvalue weighted by molar-refractivity contribution is 5.97. The third-order valence-electron chi connectivity index (χ3n) is 4.95. The van der Waals surface area contributed by atoms with E-state index in [-0.39, 0.29) is 29.9 Å². The number of carbonyl (C=O) groups is 2. The van der Waals surface area contributed by atoms with Gasteiger partial charge < -0.3 is 14.6 Å². The van der Waals surface area contributed by atoms with Crippen molar-refractivity contribution < 1.29 is 14.3 Å². The lowest BCUT2D eigenvalue weighted by Crippen LogP contribution is -2.40. The van der Waals surface area contributed by atoms with Crippen LogP contribution < -0.4 is 11.2 Å². The molecule has 1 N–H and O–H groups in total. The monoisotopic (exact) mass is 373 g/mol. The Morgan fingerprint density at radius 3 is 2.52 bits per heavy atom. The number of rotatable bonds is 4. The first-order valence-electron chi connectivity index (χ1n) is 9.19. The number of ether oxygens (including phenoxy) is 1. The molecular weight excluding hydrogens is 350 g/mol. The van der Waals surface area contributed by atoms with Crippen LogP contribution in [0.15, 0.2) is 27.8 Å². The molecule has 0 spiro atoms. The smallest absolute Gasteiger partial charge is 0.328 e. The molecule has 1 aromatic carbocycles. The second kappa shape index (κ2) is 7.77. The lowest BCUT2D eigenvalue weighted by molar-refractivity contribution is -0.149. The molecule has 0 atom stereocenters. The van der Waals surface area contributed by atoms with Gasteiger partial charge in [-0.2, -0.15) is 0 Å². The molecule has 0 aliphatic carbocycles. The lowest BCUT2D eigenvalue weighted by Gasteiger charge is -2.31. The molecule has 0 bridgehead atoms. The number of H-pyrrole nitrogens is 1. The lowest BCUT2D eigenvalue weighted by atomic mass is 9.96. The van der Waals surface area contributed by atoms with Crippen LogP contribution in [0.3, 0.4) is 0 Å². The third kappa shape index (κ3) is 3.65. The Balaban J connectivity index is 1.80. The van der Waals surface area contributed by atoms with Crippen molar-refractivity contribution in [3.05, 3.63) is 44.6 Å². The molecule has 1 aromatic heterocycles. The number of fused-ring (bicyclic) bond motifs is 1. The molecule has 144 valence electrons. The summed E-state index contributed by atoms with van der Waals surface area (Å²) in [5.41, 5.74) is -0.108. The zero-order valence-electron chi connectivity index (χ0n) is 15.5. The van der Waals surface area contributed by atoms with Crippen molar-refractivity contribution in [1.29, 1.82) is 0 Å². The van der Waals surface area contributed by atoms with Gasteiger partial charge in [0.1, 0.15) is 0 Å². The molecule has 8 heteroatoms. The number of nitrogens with one attached hydrogen (secondary N) is 1. The topological polar surface area (TPSA) is 101 Å². The molecule has 27 heavy (non-hydrogen) atoms. The average Bonchev–Trinajstić information content (AvgIpc) is 2.67. The normalized spacial score (nSPS) is 15.1. The van der Waals surface area contributed by atoms with Crippen molar-refractivity contribution in [2.24, 2.45) is 5.92 Å². The van der Waals surface area contributed by atoms with Gasteiger partial charge in [0.15, 0.2) is 0 Å². The highest BCUT2D eigenvalue weighted by atomic mass is 16.5. The number of esters is 1. The summed E-state index contributed by atoms with van der Waals surface area (Å²) >= 11 is 0. The van der Waals surface area contributed by atoms with Gasteiger partial charge in [-0.3, -0.25) is 19.0 Å². The first kappa shape index (κ1) is 18.9. The highest BCUT2D eigenvalue weighted by Crippen LogP contribution is 2.21. The summed E-state index contributed by atoms with van der Waals surface area (Å²) in [6.45, 7) is 5.06. The van der Waals surface area contributed by atoms with Gasteiger partial charge in [-0.1, -0.05) is 0 Å². The van der Waals surface area contributed by atoms with Crippen molar-refractivity contribution in [2.75, 3.05) is 19.7 Å². The molecule has 1 amide bonds. The minimum Gasteiger partial charge on any atom is -0.466 e. The van der Waals surface area contributed by atoms with Crippen molar-refractivity contribution in [3.8, 4) is 0 Å². The molecule has 2 heterocycles. The molecule has 0 radical (unpaired) electrons. The fraction of sp³-hybridized carbons (Fsp3) is 0.474. The summed E-state index contributed by atoms with van der Waals surface area (Å²) in [4.78, 5) is 53.2. The summed E-state index contributed by atoms with van der Waals surface area (Å²) in [6.07, 6.45) is 1.13. The zero-order valence-corrected chi connectivity index (χ0v) is 15.5. The van der Waals surface area contributed by atoms with Crippen molar-refractivity contribution >= 4 is 22.8 Å². The summed E-state index contributed by atoms with van der Waals surface area (Å²) in [5, 5.41) is 0.369. The van der Waals surface area contributed by atoms with Gasteiger partial charge in [-0.25, -0.2) is 4.79 Å². The van der Waals surface area contributed by atoms with E-state index in [9.17, 15) is 19.2 Å². The van der Waals surface area contributed by atoms with Gasteiger partial charge in [0, 0.05) is 25.2 Å². The number of aromatic amines is 1. The Morgan fingerprint density at radius 1 is 1.19 bits per heavy atom. The van der Waals surface area contributed by atoms with Crippen LogP contribution in [0.5, 0.6) is 0 Å². The molecular formula is C19H23N3O5. The predicted molar refractivity (Wildman–Crippen MR) is 99.8 cm³/mol. The molecule has 3 rings (SSSR count). The SMILES string of the molecule is CCOC(=O)C1CCN(C(=O)c2ccc3c(=O)n(CC)c(=O)[nH]c3c2)CC1. The van der Waals surface area contributed by atoms with E-state index in [1.807, 2.05) is 0 Å². The van der Waals surface area contributed by atoms with Gasteiger partial charge in [0.05, 0.1) is 23.4 Å². The molecule has 0 unspecified atom stereocenters. The van der Waals surface area contributed by atoms with Crippen LogP contribution in [-0.4, -0.2) is 46.0 Å². The van der Waals surface area contributed by atoms with Gasteiger partial charge in [0.2, 0.25) is 0 Å². The first-order valence-corrected chi connectivity index (χ1v) is 9.19. The van der Waals surface area contributed by atoms with Gasteiger partial charge in [-0.05, 0) is 44.9 Å². The van der Waals surface area contributed by atoms with Crippen LogP contribution in [-0.2, 0) is 16.1 Å². The first-order chi connectivity index (χ1) is 13.0. The Morgan fingerprint density at radius 2 is 1.89 bits per heavy atom. The van der Waals surface area contributed by atoms with E-state index in [1.165, 1.54) is 6.07 Å². The molecule has 1 fully saturated rings. The maximum Gasteiger partial charge on any atom is 0.328 e. The van der Waals surface area contributed by atoms with Crippen LogP contribution in [0, 0.1) is 5.92 Å². The largest absolute Gasteiger partial charge is 0.466 e. The van der Waals surface area contributed by atoms with Crippen LogP contribution in [0.4, 0.5) is 0 Å². The maximum absolute atomic E-state index is 12.8. The second-order valence-electron chi connectivity index (χ2n) is 6.56. The Kier molecular flexibility index (Phi) is 5.43. The Hall–Kier alpha value is -2.90. The third-order valence-corrected chi connectivity index (χ3v) is 4.95. The Labute approximate surface area is 155 Å². The van der Waals surface area contributed by atoms with E-state index in [0.29, 0.717) is 49.0 Å². The standard InChI is InChI=1S/C19H23N3O5/c1-3-22-17(24)14-6-5-13(11-15(14)20-19(22)26)16(23)21-9-7-12(8-10-21)18(25)27-4-2/h5-6,11-12H,3-4,7-10H2,1-2H3,(H,20,26). The van der Waals surface area contributed by atoms with Gasteiger partial charge in [0.25, 0.3) is 11.5 Å². The molecule has 8 nitrogen and oxygen atoms in total. The summed E-state index contributed by atoms with van der Waals surface area (Å²) < 4.78 is 6.16. The van der Waals surface area contributed by atoms with Crippen molar-refractivity contribution in [2.45, 2.75) is 33.2 Å². The number of piperidine rings is 1. The number of hydrogen-bond donors (Lipinski definition) is 1. The van der Waals surface area contributed by atoms with Crippen LogP contribution in [0.25, 0.3) is 10.9 Å². The second-order valence-corrected chi connectivity index (χ2v) is 6.56. The minimum atomic E-state index is -0.491. The van der Waals surface area contributed by atoms with E-state index in [4.69, 9.17) is 4.74 Å². The molecule has 1 aliphatic rings. The van der Waals surface area contributed by atoms with Crippen LogP contribution in [0.2, 0.25) is 0 Å². The van der Waals surface area contributed by atoms with Crippen LogP contribution >= 0.6 is 0 Å². The number of likely N-dealkylation sites (tertiary alicyclic amines) is 1. The fourth-order valence-electron chi connectivity index (χ4n) is 3.44. The number of carbonyl (C=O) groups excluding carboxylic acids is 2. The zero-order chi connectivity index (χ0) is 19.6. The maximum atomic E-state index is 12.8. The van der Waals surface area contributed by atoms with Gasteiger partial charge >= 0.3 is 11.7 Å². The van der Waals surface area contributed by atoms with E-state index >= 15 is 0 Å². The molecule has 2 aromatic rings. The molecule has 1 aliphatic heterocycles. The van der Waals surface area contributed by atoms with E-state index < -0.39 is 5.69 Å². The predicted octanol–water partition coefficient (Wildman–Crippen LogP) is 1.12. The molecule has 1 saturated heterocycles. The number of hydrogen-bond acceptors (Lipinski definition) is 5. The highest BCUT2D eigenvalue weighted by Gasteiger charge is 2.28. The number of aromatic nitrogens is 2. The quantitative estimate of drug-likeness (QED) is 0.810. The summed E-state index contributed by atoms with van der Waals surface area (Å²) in [5.74, 6) is -0.561. The number of amides is 1. The van der Waals surface area contributed by atoms with Crippen molar-refractivity contribution in [3.63, 3.8) is 0 Å². The van der Waals surface area contributed by atoms with Gasteiger partial charge in [-0.15, -0.1) is 0 Å². The van der Waals surface area contributed by atoms with Crippen molar-refractivity contribution in [1.82, 2.24) is 14.5 Å². The average molecular weight is 373 g/mol. The van der Waals surface area contributed by atoms with E-state index in [1.54, 1.807) is 30.9 Å². The van der Waals surface area contributed by atoms with E-state index in [2.05, 4.69) is 4.98 Å². The summed E-state index contributed by atoms with van der Waals surface area (Å²) in [7, 11) is 0. The fourth-order valence-corrected chi connectivity index (χ4v) is 3.44. The minimum absolute atomic E-state index is 0.172. The number of nitrogens with zero attached hydrogens (tertiary/aromatic N) is 2. The van der Waals surface area contributed by atoms with E-state index in [0.717, 1.165) is 4.57 Å². The van der Waals surface area contributed by atoms with Crippen LogP contribution in [0.1, 0.15) is 37.0 Å². The summed E-state index contributed by atoms with van der Waals surface area (Å²) in [6, 6.07) is 4.71. The Bertz CT molecular complexity index is 983. The molecule has 0 saturated carbocycles.